The molecular formula is C13H14ClN3O3. The Morgan fingerprint density at radius 2 is 2.15 bits per heavy atom. The minimum Gasteiger partial charge on any atom is -0.478 e. The van der Waals surface area contributed by atoms with Crippen molar-refractivity contribution in [3.63, 3.8) is 0 Å². The molecule has 2 amide bonds. The first kappa shape index (κ1) is 15.8. The lowest BCUT2D eigenvalue weighted by Crippen LogP contribution is -2.38. The van der Waals surface area contributed by atoms with Gasteiger partial charge in [-0.15, -0.1) is 0 Å². The van der Waals surface area contributed by atoms with Gasteiger partial charge in [0.05, 0.1) is 18.1 Å². The number of nitrogens with zero attached hydrogens (tertiary/aromatic N) is 2. The molecule has 1 unspecified atom stereocenters. The normalized spacial score (nSPS) is 11.3. The fourth-order valence-corrected chi connectivity index (χ4v) is 1.70. The van der Waals surface area contributed by atoms with Gasteiger partial charge in [0.15, 0.2) is 0 Å². The van der Waals surface area contributed by atoms with Crippen molar-refractivity contribution in [3.8, 4) is 6.07 Å². The van der Waals surface area contributed by atoms with E-state index >= 15 is 0 Å². The van der Waals surface area contributed by atoms with Gasteiger partial charge in [0.2, 0.25) is 0 Å². The fourth-order valence-electron chi connectivity index (χ4n) is 1.47. The van der Waals surface area contributed by atoms with Gasteiger partial charge in [-0.3, -0.25) is 0 Å². The van der Waals surface area contributed by atoms with Gasteiger partial charge < -0.3 is 15.3 Å². The topological polar surface area (TPSA) is 93.4 Å². The number of hydrogen-bond donors (Lipinski definition) is 2. The molecule has 6 nitrogen and oxygen atoms in total. The van der Waals surface area contributed by atoms with Crippen molar-refractivity contribution in [2.45, 2.75) is 19.4 Å². The van der Waals surface area contributed by atoms with Gasteiger partial charge in [-0.2, -0.15) is 5.26 Å². The smallest absolute Gasteiger partial charge is 0.335 e. The summed E-state index contributed by atoms with van der Waals surface area (Å²) < 4.78 is 0. The SMILES string of the molecule is CC(CC#N)N(C)C(=O)Nc1cc(Cl)cc(C(=O)O)c1. The van der Waals surface area contributed by atoms with Crippen LogP contribution in [0.3, 0.4) is 0 Å². The average molecular weight is 296 g/mol. The summed E-state index contributed by atoms with van der Waals surface area (Å²) in [6.07, 6.45) is 0.208. The summed E-state index contributed by atoms with van der Waals surface area (Å²) in [5.74, 6) is -1.13. The molecule has 0 spiro atoms. The zero-order chi connectivity index (χ0) is 15.3. The highest BCUT2D eigenvalue weighted by molar-refractivity contribution is 6.31. The number of urea groups is 1. The van der Waals surface area contributed by atoms with Crippen LogP contribution in [0.5, 0.6) is 0 Å². The Morgan fingerprint density at radius 3 is 2.70 bits per heavy atom. The molecule has 0 aliphatic rings. The van der Waals surface area contributed by atoms with E-state index in [0.717, 1.165) is 0 Å². The van der Waals surface area contributed by atoms with Crippen molar-refractivity contribution in [3.05, 3.63) is 28.8 Å². The zero-order valence-electron chi connectivity index (χ0n) is 11.1. The van der Waals surface area contributed by atoms with E-state index < -0.39 is 12.0 Å². The van der Waals surface area contributed by atoms with Crippen molar-refractivity contribution in [2.75, 3.05) is 12.4 Å². The number of carbonyl (C=O) groups is 2. The number of hydrogen-bond acceptors (Lipinski definition) is 3. The van der Waals surface area contributed by atoms with E-state index in [-0.39, 0.29) is 28.7 Å². The molecular weight excluding hydrogens is 282 g/mol. The lowest BCUT2D eigenvalue weighted by atomic mass is 10.2. The maximum atomic E-state index is 11.9. The number of halogens is 1. The second-order valence-electron chi connectivity index (χ2n) is 4.29. The highest BCUT2D eigenvalue weighted by Gasteiger charge is 2.16. The molecule has 1 aromatic carbocycles. The molecule has 0 saturated heterocycles. The number of amides is 2. The summed E-state index contributed by atoms with van der Waals surface area (Å²) in [6.45, 7) is 1.74. The Morgan fingerprint density at radius 1 is 1.50 bits per heavy atom. The Balaban J connectivity index is 2.86. The highest BCUT2D eigenvalue weighted by atomic mass is 35.5. The molecule has 1 atom stereocenters. The van der Waals surface area contributed by atoms with Gasteiger partial charge in [0.1, 0.15) is 0 Å². The maximum absolute atomic E-state index is 11.9. The number of rotatable bonds is 4. The Hall–Kier alpha value is -2.26. The number of benzene rings is 1. The van der Waals surface area contributed by atoms with Gasteiger partial charge in [-0.05, 0) is 25.1 Å². The molecule has 106 valence electrons. The quantitative estimate of drug-likeness (QED) is 0.893. The van der Waals surface area contributed by atoms with Crippen molar-refractivity contribution in [1.29, 1.82) is 5.26 Å². The molecule has 0 bridgehead atoms. The van der Waals surface area contributed by atoms with Crippen LogP contribution in [-0.4, -0.2) is 35.1 Å². The van der Waals surface area contributed by atoms with E-state index in [1.165, 1.54) is 23.1 Å². The third kappa shape index (κ3) is 4.14. The third-order valence-electron chi connectivity index (χ3n) is 2.76. The number of nitrogens with one attached hydrogen (secondary N) is 1. The number of carboxylic acids is 1. The second kappa shape index (κ2) is 6.78. The number of anilines is 1. The van der Waals surface area contributed by atoms with Crippen LogP contribution in [0.2, 0.25) is 5.02 Å². The van der Waals surface area contributed by atoms with Crippen LogP contribution in [0.1, 0.15) is 23.7 Å². The van der Waals surface area contributed by atoms with E-state index in [9.17, 15) is 9.59 Å². The summed E-state index contributed by atoms with van der Waals surface area (Å²) in [5, 5.41) is 20.3. The molecule has 0 heterocycles. The van der Waals surface area contributed by atoms with Crippen molar-refractivity contribution in [2.24, 2.45) is 0 Å². The Labute approximate surface area is 121 Å². The number of carbonyl (C=O) groups excluding carboxylic acids is 1. The van der Waals surface area contributed by atoms with Gasteiger partial charge in [0.25, 0.3) is 0 Å². The van der Waals surface area contributed by atoms with Crippen molar-refractivity contribution < 1.29 is 14.7 Å². The van der Waals surface area contributed by atoms with Crippen LogP contribution in [0.25, 0.3) is 0 Å². The molecule has 1 rings (SSSR count). The molecule has 0 aromatic heterocycles. The first-order valence-corrected chi connectivity index (χ1v) is 6.17. The largest absolute Gasteiger partial charge is 0.478 e. The Kier molecular flexibility index (Phi) is 5.35. The van der Waals surface area contributed by atoms with Gasteiger partial charge in [0, 0.05) is 23.8 Å². The predicted octanol–water partition coefficient (Wildman–Crippen LogP) is 2.80. The van der Waals surface area contributed by atoms with Gasteiger partial charge in [-0.1, -0.05) is 11.6 Å². The summed E-state index contributed by atoms with van der Waals surface area (Å²) in [4.78, 5) is 24.2. The van der Waals surface area contributed by atoms with Crippen LogP contribution in [0.4, 0.5) is 10.5 Å². The first-order chi connectivity index (χ1) is 9.35. The van der Waals surface area contributed by atoms with Gasteiger partial charge >= 0.3 is 12.0 Å². The van der Waals surface area contributed by atoms with E-state index in [2.05, 4.69) is 5.32 Å². The summed E-state index contributed by atoms with van der Waals surface area (Å²) >= 11 is 5.80. The highest BCUT2D eigenvalue weighted by Crippen LogP contribution is 2.19. The molecule has 0 fully saturated rings. The minimum absolute atomic E-state index is 0.0134. The van der Waals surface area contributed by atoms with Crippen molar-refractivity contribution >= 4 is 29.3 Å². The lowest BCUT2D eigenvalue weighted by molar-refractivity contribution is 0.0697. The Bertz CT molecular complexity index is 568. The van der Waals surface area contributed by atoms with Crippen LogP contribution in [0, 0.1) is 11.3 Å². The fraction of sp³-hybridized carbons (Fsp3) is 0.308. The summed E-state index contributed by atoms with van der Waals surface area (Å²) in [5.41, 5.74) is 0.274. The monoisotopic (exact) mass is 295 g/mol. The van der Waals surface area contributed by atoms with E-state index in [1.54, 1.807) is 14.0 Å². The molecule has 0 saturated carbocycles. The molecule has 20 heavy (non-hydrogen) atoms. The molecule has 7 heteroatoms. The van der Waals surface area contributed by atoms with Gasteiger partial charge in [-0.25, -0.2) is 9.59 Å². The van der Waals surface area contributed by atoms with E-state index in [0.29, 0.717) is 0 Å². The standard InChI is InChI=1S/C13H14ClN3O3/c1-8(3-4-15)17(2)13(20)16-11-6-9(12(18)19)5-10(14)7-11/h5-8H,3H2,1-2H3,(H,16,20)(H,18,19). The third-order valence-corrected chi connectivity index (χ3v) is 2.98. The molecule has 0 aliphatic heterocycles. The van der Waals surface area contributed by atoms with Crippen LogP contribution in [-0.2, 0) is 0 Å². The second-order valence-corrected chi connectivity index (χ2v) is 4.72. The van der Waals surface area contributed by atoms with Crippen molar-refractivity contribution in [1.82, 2.24) is 4.90 Å². The molecule has 2 N–H and O–H groups in total. The molecule has 1 aromatic rings. The predicted molar refractivity (Wildman–Crippen MR) is 74.9 cm³/mol. The number of nitriles is 1. The zero-order valence-corrected chi connectivity index (χ0v) is 11.8. The van der Waals surface area contributed by atoms with Crippen LogP contribution >= 0.6 is 11.6 Å². The average Bonchev–Trinajstić information content (AvgIpc) is 2.37. The van der Waals surface area contributed by atoms with E-state index in [4.69, 9.17) is 22.0 Å². The van der Waals surface area contributed by atoms with E-state index in [1.807, 2.05) is 6.07 Å². The number of aromatic carboxylic acids is 1. The molecule has 0 aliphatic carbocycles. The molecule has 0 radical (unpaired) electrons. The first-order valence-electron chi connectivity index (χ1n) is 5.79. The maximum Gasteiger partial charge on any atom is 0.335 e. The number of carboxylic acid groups (broad SMARTS) is 1. The van der Waals surface area contributed by atoms with Crippen LogP contribution < -0.4 is 5.32 Å². The minimum atomic E-state index is -1.13. The lowest BCUT2D eigenvalue weighted by Gasteiger charge is -2.23. The van der Waals surface area contributed by atoms with Crippen LogP contribution in [0.15, 0.2) is 18.2 Å². The summed E-state index contributed by atoms with van der Waals surface area (Å²) in [7, 11) is 1.56. The summed E-state index contributed by atoms with van der Waals surface area (Å²) in [6, 6.07) is 5.35.